The zero-order valence-corrected chi connectivity index (χ0v) is 13.1. The Hall–Kier alpha value is -0.880. The molecule has 104 valence electrons. The molecule has 1 aromatic carbocycles. The highest BCUT2D eigenvalue weighted by molar-refractivity contribution is 9.10. The fourth-order valence-corrected chi connectivity index (χ4v) is 4.64. The van der Waals surface area contributed by atoms with Crippen LogP contribution in [0.2, 0.25) is 0 Å². The van der Waals surface area contributed by atoms with Crippen molar-refractivity contribution in [2.45, 2.75) is 25.0 Å². The Morgan fingerprint density at radius 1 is 1.42 bits per heavy atom. The van der Waals surface area contributed by atoms with E-state index in [2.05, 4.69) is 21.2 Å². The quantitative estimate of drug-likeness (QED) is 0.911. The van der Waals surface area contributed by atoms with E-state index in [0.717, 1.165) is 10.0 Å². The summed E-state index contributed by atoms with van der Waals surface area (Å²) in [4.78, 5) is 12.0. The first-order chi connectivity index (χ1) is 8.88. The molecule has 4 nitrogen and oxygen atoms in total. The summed E-state index contributed by atoms with van der Waals surface area (Å²) in [5.74, 6) is 0.00952. The van der Waals surface area contributed by atoms with Crippen molar-refractivity contribution >= 4 is 31.7 Å². The minimum Gasteiger partial charge on any atom is -0.351 e. The van der Waals surface area contributed by atoms with Crippen molar-refractivity contribution in [2.24, 2.45) is 0 Å². The molecule has 1 saturated heterocycles. The molecule has 1 atom stereocenters. The minimum absolute atomic E-state index is 0.201. The smallest absolute Gasteiger partial charge is 0.251 e. The van der Waals surface area contributed by atoms with E-state index in [0.29, 0.717) is 18.4 Å². The van der Waals surface area contributed by atoms with Gasteiger partial charge in [0.15, 0.2) is 9.84 Å². The topological polar surface area (TPSA) is 63.2 Å². The van der Waals surface area contributed by atoms with Gasteiger partial charge in [-0.15, -0.1) is 0 Å². The number of sulfone groups is 1. The molecule has 0 radical (unpaired) electrons. The van der Waals surface area contributed by atoms with Gasteiger partial charge in [-0.25, -0.2) is 8.42 Å². The Bertz CT molecular complexity index is 578. The molecule has 1 amide bonds. The van der Waals surface area contributed by atoms with Gasteiger partial charge in [-0.05, 0) is 43.5 Å². The number of carbonyl (C=O) groups is 1. The number of hydrogen-bond donors (Lipinski definition) is 1. The molecule has 0 saturated carbocycles. The van der Waals surface area contributed by atoms with Crippen LogP contribution in [0, 0.1) is 6.92 Å². The molecule has 1 aliphatic heterocycles. The van der Waals surface area contributed by atoms with E-state index in [9.17, 15) is 13.2 Å². The predicted molar refractivity (Wildman–Crippen MR) is 78.0 cm³/mol. The van der Waals surface area contributed by atoms with E-state index in [-0.39, 0.29) is 18.2 Å². The van der Waals surface area contributed by atoms with E-state index in [1.807, 2.05) is 13.0 Å². The van der Waals surface area contributed by atoms with Crippen LogP contribution in [0.4, 0.5) is 0 Å². The molecule has 2 rings (SSSR count). The summed E-state index contributed by atoms with van der Waals surface area (Å²) < 4.78 is 24.2. The van der Waals surface area contributed by atoms with Gasteiger partial charge in [0.2, 0.25) is 0 Å². The maximum atomic E-state index is 12.0. The zero-order valence-electron chi connectivity index (χ0n) is 10.6. The van der Waals surface area contributed by atoms with Crippen LogP contribution in [-0.4, -0.2) is 31.9 Å². The molecule has 0 unspecified atom stereocenters. The lowest BCUT2D eigenvalue weighted by molar-refractivity contribution is 0.0953. The van der Waals surface area contributed by atoms with Crippen molar-refractivity contribution in [3.63, 3.8) is 0 Å². The lowest BCUT2D eigenvalue weighted by atomic mass is 10.1. The number of carbonyl (C=O) groups excluding carboxylic acids is 1. The molecule has 1 heterocycles. The fraction of sp³-hybridized carbons (Fsp3) is 0.462. The number of hydrogen-bond acceptors (Lipinski definition) is 3. The van der Waals surface area contributed by atoms with Gasteiger partial charge in [-0.1, -0.05) is 15.9 Å². The van der Waals surface area contributed by atoms with Crippen LogP contribution < -0.4 is 5.32 Å². The summed E-state index contributed by atoms with van der Waals surface area (Å²) in [7, 11) is -3.01. The van der Waals surface area contributed by atoms with Gasteiger partial charge in [-0.3, -0.25) is 4.79 Å². The van der Waals surface area contributed by atoms with Crippen molar-refractivity contribution in [3.05, 3.63) is 33.8 Å². The molecule has 0 aliphatic carbocycles. The SMILES string of the molecule is Cc1cc(Br)cc(C(=O)NC[C@@H]2CCCS2(=O)=O)c1. The number of aryl methyl sites for hydroxylation is 1. The Morgan fingerprint density at radius 2 is 2.16 bits per heavy atom. The van der Waals surface area contributed by atoms with Crippen molar-refractivity contribution in [1.29, 1.82) is 0 Å². The van der Waals surface area contributed by atoms with Crippen LogP contribution in [0.15, 0.2) is 22.7 Å². The minimum atomic E-state index is -3.01. The van der Waals surface area contributed by atoms with E-state index in [4.69, 9.17) is 0 Å². The molecule has 19 heavy (non-hydrogen) atoms. The van der Waals surface area contributed by atoms with E-state index in [1.165, 1.54) is 0 Å². The van der Waals surface area contributed by atoms with Crippen LogP contribution in [0.25, 0.3) is 0 Å². The summed E-state index contributed by atoms with van der Waals surface area (Å²) in [5.41, 5.74) is 1.52. The predicted octanol–water partition coefficient (Wildman–Crippen LogP) is 2.06. The highest BCUT2D eigenvalue weighted by Gasteiger charge is 2.31. The third kappa shape index (κ3) is 3.57. The zero-order chi connectivity index (χ0) is 14.0. The highest BCUT2D eigenvalue weighted by Crippen LogP contribution is 2.19. The Balaban J connectivity index is 2.02. The molecule has 1 aliphatic rings. The van der Waals surface area contributed by atoms with Crippen LogP contribution in [0.3, 0.4) is 0 Å². The summed E-state index contributed by atoms with van der Waals surface area (Å²) in [6, 6.07) is 5.42. The fourth-order valence-electron chi connectivity index (χ4n) is 2.26. The van der Waals surface area contributed by atoms with Crippen LogP contribution in [-0.2, 0) is 9.84 Å². The first-order valence-electron chi connectivity index (χ1n) is 6.15. The third-order valence-electron chi connectivity index (χ3n) is 3.26. The Morgan fingerprint density at radius 3 is 2.74 bits per heavy atom. The second-order valence-corrected chi connectivity index (χ2v) is 8.17. The lowest BCUT2D eigenvalue weighted by Gasteiger charge is -2.11. The normalized spacial score (nSPS) is 21.3. The summed E-state index contributed by atoms with van der Waals surface area (Å²) in [5, 5.41) is 2.29. The number of nitrogens with one attached hydrogen (secondary N) is 1. The highest BCUT2D eigenvalue weighted by atomic mass is 79.9. The second-order valence-electron chi connectivity index (χ2n) is 4.86. The van der Waals surface area contributed by atoms with E-state index >= 15 is 0 Å². The van der Waals surface area contributed by atoms with Gasteiger partial charge in [-0.2, -0.15) is 0 Å². The largest absolute Gasteiger partial charge is 0.351 e. The van der Waals surface area contributed by atoms with Crippen molar-refractivity contribution in [3.8, 4) is 0 Å². The molecular weight excluding hydrogens is 330 g/mol. The standard InChI is InChI=1S/C13H16BrNO3S/c1-9-5-10(7-11(14)6-9)13(16)15-8-12-3-2-4-19(12,17)18/h5-7,12H,2-4,8H2,1H3,(H,15,16)/t12-/m0/s1. The maximum Gasteiger partial charge on any atom is 0.251 e. The molecule has 6 heteroatoms. The average Bonchev–Trinajstić information content (AvgIpc) is 2.64. The van der Waals surface area contributed by atoms with Gasteiger partial charge >= 0.3 is 0 Å². The van der Waals surface area contributed by atoms with E-state index in [1.54, 1.807) is 12.1 Å². The maximum absolute atomic E-state index is 12.0. The first kappa shape index (κ1) is 14.5. The van der Waals surface area contributed by atoms with E-state index < -0.39 is 15.1 Å². The van der Waals surface area contributed by atoms with Gasteiger partial charge in [0, 0.05) is 16.6 Å². The number of rotatable bonds is 3. The Kier molecular flexibility index (Phi) is 4.30. The molecule has 0 aromatic heterocycles. The lowest BCUT2D eigenvalue weighted by Crippen LogP contribution is -2.34. The summed E-state index contributed by atoms with van der Waals surface area (Å²) in [6.07, 6.45) is 1.33. The van der Waals surface area contributed by atoms with Crippen molar-refractivity contribution in [1.82, 2.24) is 5.32 Å². The summed E-state index contributed by atoms with van der Waals surface area (Å²) in [6.45, 7) is 2.11. The third-order valence-corrected chi connectivity index (χ3v) is 5.99. The number of halogens is 1. The average molecular weight is 346 g/mol. The molecule has 0 spiro atoms. The first-order valence-corrected chi connectivity index (χ1v) is 8.66. The molecule has 0 bridgehead atoms. The summed E-state index contributed by atoms with van der Waals surface area (Å²) >= 11 is 3.34. The molecule has 1 N–H and O–H groups in total. The van der Waals surface area contributed by atoms with Gasteiger partial charge < -0.3 is 5.32 Å². The van der Waals surface area contributed by atoms with Crippen molar-refractivity contribution < 1.29 is 13.2 Å². The van der Waals surface area contributed by atoms with Crippen LogP contribution in [0.5, 0.6) is 0 Å². The molecular formula is C13H16BrNO3S. The number of amides is 1. The van der Waals surface area contributed by atoms with Crippen LogP contribution in [0.1, 0.15) is 28.8 Å². The van der Waals surface area contributed by atoms with Gasteiger partial charge in [0.05, 0.1) is 11.0 Å². The van der Waals surface area contributed by atoms with Gasteiger partial charge in [0.1, 0.15) is 0 Å². The van der Waals surface area contributed by atoms with Gasteiger partial charge in [0.25, 0.3) is 5.91 Å². The van der Waals surface area contributed by atoms with Crippen molar-refractivity contribution in [2.75, 3.05) is 12.3 Å². The second kappa shape index (κ2) is 5.63. The Labute approximate surface area is 121 Å². The van der Waals surface area contributed by atoms with Crippen LogP contribution >= 0.6 is 15.9 Å². The molecule has 1 aromatic rings. The monoisotopic (exact) mass is 345 g/mol. The molecule has 1 fully saturated rings. The number of benzene rings is 1.